The van der Waals surface area contributed by atoms with Gasteiger partial charge in [0, 0.05) is 56.3 Å². The van der Waals surface area contributed by atoms with E-state index >= 15 is 0 Å². The van der Waals surface area contributed by atoms with Gasteiger partial charge < -0.3 is 14.4 Å². The van der Waals surface area contributed by atoms with Crippen LogP contribution in [0.3, 0.4) is 0 Å². The van der Waals surface area contributed by atoms with Gasteiger partial charge in [0.25, 0.3) is 5.56 Å². The molecule has 0 radical (unpaired) electrons. The fourth-order valence-corrected chi connectivity index (χ4v) is 5.41. The highest BCUT2D eigenvalue weighted by atomic mass is 16.5. The minimum absolute atomic E-state index is 0.0639. The molecule has 1 N–H and O–H groups in total. The maximum Gasteiger partial charge on any atom is 0.250 e. The lowest BCUT2D eigenvalue weighted by Crippen LogP contribution is -2.46. The van der Waals surface area contributed by atoms with Gasteiger partial charge in [0.2, 0.25) is 5.78 Å². The molecule has 33 heavy (non-hydrogen) atoms. The number of pyridine rings is 2. The van der Waals surface area contributed by atoms with Crippen LogP contribution in [0.2, 0.25) is 0 Å². The number of rotatable bonds is 3. The van der Waals surface area contributed by atoms with E-state index in [-0.39, 0.29) is 28.8 Å². The number of ketones is 1. The Morgan fingerprint density at radius 3 is 2.85 bits per heavy atom. The Morgan fingerprint density at radius 2 is 2.00 bits per heavy atom. The molecule has 0 spiro atoms. The van der Waals surface area contributed by atoms with E-state index < -0.39 is 0 Å². The topological polar surface area (TPSA) is 84.7 Å². The molecule has 166 valence electrons. The van der Waals surface area contributed by atoms with Crippen molar-refractivity contribution in [1.82, 2.24) is 14.5 Å². The van der Waals surface area contributed by atoms with E-state index in [1.807, 2.05) is 22.8 Å². The highest BCUT2D eigenvalue weighted by molar-refractivity contribution is 6.14. The number of hydrogen-bond acceptors (Lipinski definition) is 6. The zero-order chi connectivity index (χ0) is 22.5. The first-order valence-electron chi connectivity index (χ1n) is 11.2. The second kappa shape index (κ2) is 7.71. The third kappa shape index (κ3) is 3.45. The Labute approximate surface area is 190 Å². The lowest BCUT2D eigenvalue weighted by molar-refractivity contribution is 0.101. The second-order valence-corrected chi connectivity index (χ2v) is 9.06. The Morgan fingerprint density at radius 1 is 1.09 bits per heavy atom. The van der Waals surface area contributed by atoms with Crippen molar-refractivity contribution in [3.63, 3.8) is 0 Å². The Bertz CT molecular complexity index is 1350. The number of ether oxygens (including phenoxy) is 1. The number of nitrogens with zero attached hydrogens (tertiary/aromatic N) is 3. The fourth-order valence-electron chi connectivity index (χ4n) is 5.41. The van der Waals surface area contributed by atoms with Crippen molar-refractivity contribution in [1.29, 1.82) is 0 Å². The molecule has 0 aliphatic carbocycles. The summed E-state index contributed by atoms with van der Waals surface area (Å²) in [5, 5.41) is 10.7. The minimum atomic E-state index is -0.195. The van der Waals surface area contributed by atoms with Crippen LogP contribution in [-0.4, -0.2) is 38.4 Å². The molecule has 5 heterocycles. The number of hydrogen-bond donors (Lipinski definition) is 1. The molecule has 2 aromatic heterocycles. The Hall–Kier alpha value is -3.71. The molecule has 0 unspecified atom stereocenters. The average Bonchev–Trinajstić information content (AvgIpc) is 3.12. The summed E-state index contributed by atoms with van der Waals surface area (Å²) in [6.07, 6.45) is 6.08. The predicted octanol–water partition coefficient (Wildman–Crippen LogP) is 3.18. The number of phenolic OH excluding ortho intramolecular Hbond substituents is 1. The number of fused-ring (bicyclic) bond motifs is 5. The van der Waals surface area contributed by atoms with Crippen molar-refractivity contribution < 1.29 is 14.6 Å². The van der Waals surface area contributed by atoms with Gasteiger partial charge in [-0.05, 0) is 48.2 Å². The predicted molar refractivity (Wildman–Crippen MR) is 122 cm³/mol. The highest BCUT2D eigenvalue weighted by Gasteiger charge is 2.36. The van der Waals surface area contributed by atoms with E-state index in [1.54, 1.807) is 42.7 Å². The molecule has 3 aliphatic rings. The summed E-state index contributed by atoms with van der Waals surface area (Å²) in [5.74, 6) is 1.24. The zero-order valence-electron chi connectivity index (χ0n) is 18.0. The van der Waals surface area contributed by atoms with Crippen LogP contribution in [0.4, 0.5) is 0 Å². The number of benzene rings is 1. The van der Waals surface area contributed by atoms with E-state index in [4.69, 9.17) is 4.74 Å². The van der Waals surface area contributed by atoms with Gasteiger partial charge in [0.05, 0.1) is 11.1 Å². The summed E-state index contributed by atoms with van der Waals surface area (Å²) in [4.78, 5) is 31.6. The molecule has 1 fully saturated rings. The summed E-state index contributed by atoms with van der Waals surface area (Å²) in [7, 11) is 0. The first-order chi connectivity index (χ1) is 16.1. The number of carbonyl (C=O) groups excluding carboxylic acids is 1. The molecule has 6 rings (SSSR count). The van der Waals surface area contributed by atoms with Crippen LogP contribution in [0.1, 0.15) is 39.5 Å². The van der Waals surface area contributed by atoms with Gasteiger partial charge in [-0.25, -0.2) is 0 Å². The normalized spacial score (nSPS) is 22.7. The van der Waals surface area contributed by atoms with Crippen molar-refractivity contribution in [2.24, 2.45) is 5.92 Å². The lowest BCUT2D eigenvalue weighted by atomic mass is 9.83. The van der Waals surface area contributed by atoms with Crippen LogP contribution in [0.5, 0.6) is 11.5 Å². The van der Waals surface area contributed by atoms with Crippen LogP contribution in [-0.2, 0) is 13.1 Å². The molecule has 3 aromatic rings. The van der Waals surface area contributed by atoms with Crippen LogP contribution >= 0.6 is 0 Å². The Balaban J connectivity index is 1.29. The molecule has 1 saturated heterocycles. The molecule has 1 aromatic carbocycles. The fraction of sp³-hybridized carbons (Fsp3) is 0.269. The van der Waals surface area contributed by atoms with Gasteiger partial charge in [-0.15, -0.1) is 0 Å². The number of Topliss-reactive ketones (excluding diaryl/α,β-unsaturated/α-hetero) is 1. The second-order valence-electron chi connectivity index (χ2n) is 9.06. The number of likely N-dealkylation sites (tertiary alicyclic amines) is 1. The molecule has 0 amide bonds. The van der Waals surface area contributed by atoms with Crippen molar-refractivity contribution in [3.8, 4) is 11.5 Å². The molecular formula is C26H23N3O4. The first-order valence-corrected chi connectivity index (χ1v) is 11.2. The zero-order valence-corrected chi connectivity index (χ0v) is 18.0. The first kappa shape index (κ1) is 19.9. The maximum atomic E-state index is 12.9. The number of piperidine rings is 1. The minimum Gasteiger partial charge on any atom is -0.507 e. The van der Waals surface area contributed by atoms with E-state index in [2.05, 4.69) is 9.88 Å². The van der Waals surface area contributed by atoms with Gasteiger partial charge >= 0.3 is 0 Å². The summed E-state index contributed by atoms with van der Waals surface area (Å²) < 4.78 is 7.90. The summed E-state index contributed by atoms with van der Waals surface area (Å²) in [5.41, 5.74) is 3.01. The summed E-state index contributed by atoms with van der Waals surface area (Å²) in [6, 6.07) is 12.3. The number of phenols is 1. The maximum absolute atomic E-state index is 12.9. The summed E-state index contributed by atoms with van der Waals surface area (Å²) in [6.45, 7) is 2.81. The number of aromatic nitrogens is 2. The molecule has 2 atom stereocenters. The van der Waals surface area contributed by atoms with E-state index in [9.17, 15) is 14.7 Å². The SMILES string of the molecule is O=C1/C(=C/c2cccnc2)Oc2c1ccc(O)c2CN1C[C@H]2C[C@@H](C1)c1cccc(=O)n1C2. The Kier molecular flexibility index (Phi) is 4.66. The van der Waals surface area contributed by atoms with Crippen LogP contribution in [0.15, 0.2) is 65.4 Å². The molecule has 7 heteroatoms. The number of carbonyl (C=O) groups is 1. The van der Waals surface area contributed by atoms with Gasteiger partial charge in [0.1, 0.15) is 11.5 Å². The summed E-state index contributed by atoms with van der Waals surface area (Å²) >= 11 is 0. The molecule has 0 saturated carbocycles. The third-order valence-corrected chi connectivity index (χ3v) is 6.84. The van der Waals surface area contributed by atoms with Crippen LogP contribution in [0, 0.1) is 5.92 Å². The monoisotopic (exact) mass is 441 g/mol. The van der Waals surface area contributed by atoms with Crippen LogP contribution in [0.25, 0.3) is 6.08 Å². The number of allylic oxidation sites excluding steroid dienone is 1. The molecule has 3 aliphatic heterocycles. The van der Waals surface area contributed by atoms with Crippen molar-refractivity contribution in [3.05, 3.63) is 93.4 Å². The van der Waals surface area contributed by atoms with Crippen molar-refractivity contribution in [2.75, 3.05) is 13.1 Å². The van der Waals surface area contributed by atoms with E-state index in [0.717, 1.165) is 30.8 Å². The third-order valence-electron chi connectivity index (χ3n) is 6.84. The van der Waals surface area contributed by atoms with Crippen molar-refractivity contribution >= 4 is 11.9 Å². The smallest absolute Gasteiger partial charge is 0.250 e. The number of aromatic hydroxyl groups is 1. The van der Waals surface area contributed by atoms with Gasteiger partial charge in [-0.1, -0.05) is 12.1 Å². The standard InChI is InChI=1S/C26H23N3O4/c30-22-7-6-19-25(32)23(10-16-3-2-8-27-11-16)33-26(19)20(22)15-28-12-17-9-18(14-28)21-4-1-5-24(31)29(21)13-17/h1-8,10-11,17-18,30H,9,12-15H2/b23-10-/t17-,18+/m1/s1. The largest absolute Gasteiger partial charge is 0.507 e. The van der Waals surface area contributed by atoms with Crippen LogP contribution < -0.4 is 10.3 Å². The van der Waals surface area contributed by atoms with Gasteiger partial charge in [-0.3, -0.25) is 19.5 Å². The lowest BCUT2D eigenvalue weighted by Gasteiger charge is -2.42. The highest BCUT2D eigenvalue weighted by Crippen LogP contribution is 2.42. The molecular weight excluding hydrogens is 418 g/mol. The average molecular weight is 441 g/mol. The van der Waals surface area contributed by atoms with Gasteiger partial charge in [-0.2, -0.15) is 0 Å². The van der Waals surface area contributed by atoms with Crippen molar-refractivity contribution in [2.45, 2.75) is 25.4 Å². The molecule has 7 nitrogen and oxygen atoms in total. The van der Waals surface area contributed by atoms with Gasteiger partial charge in [0.15, 0.2) is 5.76 Å². The van der Waals surface area contributed by atoms with E-state index in [1.165, 1.54) is 0 Å². The van der Waals surface area contributed by atoms with E-state index in [0.29, 0.717) is 35.9 Å². The molecule has 2 bridgehead atoms. The quantitative estimate of drug-likeness (QED) is 0.629.